The number of hydrogen-bond acceptors (Lipinski definition) is 4. The molecule has 0 fully saturated rings. The Hall–Kier alpha value is -2.82. The van der Waals surface area contributed by atoms with E-state index in [9.17, 15) is 9.59 Å². The fourth-order valence-corrected chi connectivity index (χ4v) is 2.50. The highest BCUT2D eigenvalue weighted by Gasteiger charge is 2.25. The van der Waals surface area contributed by atoms with Crippen molar-refractivity contribution in [1.29, 1.82) is 0 Å². The number of para-hydroxylation sites is 2. The summed E-state index contributed by atoms with van der Waals surface area (Å²) in [6.07, 6.45) is -1.23. The first-order valence-corrected chi connectivity index (χ1v) is 8.71. The maximum atomic E-state index is 12.4. The van der Waals surface area contributed by atoms with Gasteiger partial charge in [0, 0.05) is 5.69 Å². The van der Waals surface area contributed by atoms with Crippen LogP contribution in [0.2, 0.25) is 0 Å². The van der Waals surface area contributed by atoms with Gasteiger partial charge in [-0.2, -0.15) is 0 Å². The van der Waals surface area contributed by atoms with E-state index in [0.717, 1.165) is 16.8 Å². The third kappa shape index (κ3) is 5.09. The minimum atomic E-state index is -0.921. The van der Waals surface area contributed by atoms with Gasteiger partial charge in [0.1, 0.15) is 5.75 Å². The maximum Gasteiger partial charge on any atom is 0.348 e. The van der Waals surface area contributed by atoms with E-state index in [1.807, 2.05) is 57.2 Å². The smallest absolute Gasteiger partial charge is 0.348 e. The molecule has 0 bridgehead atoms. The zero-order valence-electron chi connectivity index (χ0n) is 15.6. The van der Waals surface area contributed by atoms with Gasteiger partial charge in [0.25, 0.3) is 5.91 Å². The van der Waals surface area contributed by atoms with Crippen LogP contribution in [0.3, 0.4) is 0 Å². The number of ether oxygens (including phenoxy) is 2. The molecular weight excluding hydrogens is 330 g/mol. The van der Waals surface area contributed by atoms with E-state index in [2.05, 4.69) is 5.32 Å². The molecular formula is C21H25NO4. The first kappa shape index (κ1) is 19.5. The van der Waals surface area contributed by atoms with Crippen LogP contribution in [0.15, 0.2) is 48.5 Å². The summed E-state index contributed by atoms with van der Waals surface area (Å²) in [5, 5.41) is 2.83. The average Bonchev–Trinajstić information content (AvgIpc) is 2.63. The number of nitrogens with one attached hydrogen (secondary N) is 1. The van der Waals surface area contributed by atoms with Gasteiger partial charge in [0.2, 0.25) is 0 Å². The number of benzene rings is 2. The third-order valence-electron chi connectivity index (χ3n) is 4.05. The molecule has 0 aromatic heterocycles. The molecule has 0 radical (unpaired) electrons. The molecule has 2 rings (SSSR count). The van der Waals surface area contributed by atoms with Crippen molar-refractivity contribution in [3.05, 3.63) is 59.7 Å². The Morgan fingerprint density at radius 2 is 1.62 bits per heavy atom. The van der Waals surface area contributed by atoms with Crippen molar-refractivity contribution < 1.29 is 19.1 Å². The van der Waals surface area contributed by atoms with E-state index in [-0.39, 0.29) is 5.91 Å². The Kier molecular flexibility index (Phi) is 6.78. The van der Waals surface area contributed by atoms with E-state index < -0.39 is 18.2 Å². The summed E-state index contributed by atoms with van der Waals surface area (Å²) in [6.45, 7) is 7.21. The zero-order valence-corrected chi connectivity index (χ0v) is 15.6. The molecule has 2 aromatic carbocycles. The van der Waals surface area contributed by atoms with Gasteiger partial charge < -0.3 is 14.8 Å². The summed E-state index contributed by atoms with van der Waals surface area (Å²) in [5.74, 6) is -0.338. The van der Waals surface area contributed by atoms with E-state index in [1.165, 1.54) is 0 Å². The second-order valence-electron chi connectivity index (χ2n) is 6.16. The maximum absolute atomic E-state index is 12.4. The van der Waals surface area contributed by atoms with Crippen LogP contribution >= 0.6 is 0 Å². The van der Waals surface area contributed by atoms with Gasteiger partial charge in [-0.25, -0.2) is 4.79 Å². The molecule has 0 aliphatic carbocycles. The highest BCUT2D eigenvalue weighted by Crippen LogP contribution is 2.20. The molecule has 0 heterocycles. The molecule has 0 unspecified atom stereocenters. The van der Waals surface area contributed by atoms with Gasteiger partial charge >= 0.3 is 5.97 Å². The van der Waals surface area contributed by atoms with Crippen molar-refractivity contribution in [3.63, 3.8) is 0 Å². The van der Waals surface area contributed by atoms with Crippen molar-refractivity contribution >= 4 is 17.6 Å². The van der Waals surface area contributed by atoms with E-state index in [4.69, 9.17) is 9.47 Å². The van der Waals surface area contributed by atoms with E-state index >= 15 is 0 Å². The van der Waals surface area contributed by atoms with Crippen LogP contribution < -0.4 is 10.1 Å². The molecule has 2 atom stereocenters. The van der Waals surface area contributed by atoms with Crippen LogP contribution in [0, 0.1) is 13.8 Å². The predicted octanol–water partition coefficient (Wildman–Crippen LogP) is 4.03. The zero-order chi connectivity index (χ0) is 19.1. The summed E-state index contributed by atoms with van der Waals surface area (Å²) in [7, 11) is 0. The Balaban J connectivity index is 1.97. The molecule has 0 saturated carbocycles. The molecule has 0 aliphatic heterocycles. The lowest BCUT2D eigenvalue weighted by atomic mass is 10.1. The standard InChI is InChI=1S/C21H25NO4/c1-5-18(26-17-12-7-6-8-13-17)21(24)25-16(4)20(23)22-19-14(2)10-9-11-15(19)3/h6-13,16,18H,5H2,1-4H3,(H,22,23)/t16-,18+/m0/s1. The topological polar surface area (TPSA) is 64.6 Å². The number of aryl methyl sites for hydroxylation is 2. The first-order valence-electron chi connectivity index (χ1n) is 8.71. The molecule has 138 valence electrons. The second-order valence-corrected chi connectivity index (χ2v) is 6.16. The first-order chi connectivity index (χ1) is 12.4. The van der Waals surface area contributed by atoms with Crippen LogP contribution in [0.4, 0.5) is 5.69 Å². The van der Waals surface area contributed by atoms with Crippen LogP contribution in [-0.2, 0) is 14.3 Å². The summed E-state index contributed by atoms with van der Waals surface area (Å²) in [5.41, 5.74) is 2.65. The summed E-state index contributed by atoms with van der Waals surface area (Å²) < 4.78 is 11.0. The minimum Gasteiger partial charge on any atom is -0.479 e. The van der Waals surface area contributed by atoms with Gasteiger partial charge in [0.05, 0.1) is 0 Å². The number of carbonyl (C=O) groups excluding carboxylic acids is 2. The van der Waals surface area contributed by atoms with Gasteiger partial charge in [-0.15, -0.1) is 0 Å². The van der Waals surface area contributed by atoms with E-state index in [0.29, 0.717) is 12.2 Å². The number of rotatable bonds is 7. The van der Waals surface area contributed by atoms with E-state index in [1.54, 1.807) is 19.1 Å². The Morgan fingerprint density at radius 1 is 1.00 bits per heavy atom. The quantitative estimate of drug-likeness (QED) is 0.762. The highest BCUT2D eigenvalue weighted by atomic mass is 16.6. The molecule has 0 aliphatic rings. The number of esters is 1. The fourth-order valence-electron chi connectivity index (χ4n) is 2.50. The molecule has 26 heavy (non-hydrogen) atoms. The van der Waals surface area contributed by atoms with Crippen molar-refractivity contribution in [2.24, 2.45) is 0 Å². The summed E-state index contributed by atoms with van der Waals surface area (Å²) >= 11 is 0. The second kappa shape index (κ2) is 9.04. The van der Waals surface area contributed by atoms with Gasteiger partial charge in [0.15, 0.2) is 12.2 Å². The summed E-state index contributed by atoms with van der Waals surface area (Å²) in [4.78, 5) is 24.7. The fraction of sp³-hybridized carbons (Fsp3) is 0.333. The SMILES string of the molecule is CC[C@@H](Oc1ccccc1)C(=O)O[C@@H](C)C(=O)Nc1c(C)cccc1C. The molecule has 1 amide bonds. The van der Waals surface area contributed by atoms with Crippen LogP contribution in [0.25, 0.3) is 0 Å². The molecule has 0 spiro atoms. The number of amides is 1. The lowest BCUT2D eigenvalue weighted by molar-refractivity contribution is -0.160. The molecule has 1 N–H and O–H groups in total. The van der Waals surface area contributed by atoms with Crippen LogP contribution in [0.1, 0.15) is 31.4 Å². The molecule has 5 nitrogen and oxygen atoms in total. The Labute approximate surface area is 154 Å². The number of hydrogen-bond donors (Lipinski definition) is 1. The molecule has 2 aromatic rings. The van der Waals surface area contributed by atoms with Gasteiger partial charge in [-0.05, 0) is 50.5 Å². The lowest BCUT2D eigenvalue weighted by Gasteiger charge is -2.20. The predicted molar refractivity (Wildman–Crippen MR) is 101 cm³/mol. The Bertz CT molecular complexity index is 738. The highest BCUT2D eigenvalue weighted by molar-refractivity contribution is 5.96. The van der Waals surface area contributed by atoms with Crippen molar-refractivity contribution in [2.45, 2.75) is 46.3 Å². The molecule has 0 saturated heterocycles. The number of carbonyl (C=O) groups is 2. The lowest BCUT2D eigenvalue weighted by Crippen LogP contribution is -2.36. The largest absolute Gasteiger partial charge is 0.479 e. The van der Waals surface area contributed by atoms with Crippen LogP contribution in [-0.4, -0.2) is 24.1 Å². The minimum absolute atomic E-state index is 0.370. The normalized spacial score (nSPS) is 12.8. The Morgan fingerprint density at radius 3 is 2.19 bits per heavy atom. The van der Waals surface area contributed by atoms with Crippen molar-refractivity contribution in [2.75, 3.05) is 5.32 Å². The average molecular weight is 355 g/mol. The summed E-state index contributed by atoms with van der Waals surface area (Å²) in [6, 6.07) is 14.8. The van der Waals surface area contributed by atoms with Crippen molar-refractivity contribution in [3.8, 4) is 5.75 Å². The van der Waals surface area contributed by atoms with Crippen LogP contribution in [0.5, 0.6) is 5.75 Å². The van der Waals surface area contributed by atoms with Gasteiger partial charge in [-0.3, -0.25) is 4.79 Å². The number of anilines is 1. The van der Waals surface area contributed by atoms with Gasteiger partial charge in [-0.1, -0.05) is 43.3 Å². The molecule has 5 heteroatoms. The van der Waals surface area contributed by atoms with Crippen molar-refractivity contribution in [1.82, 2.24) is 0 Å². The monoisotopic (exact) mass is 355 g/mol. The third-order valence-corrected chi connectivity index (χ3v) is 4.05.